The molecule has 0 spiro atoms. The van der Waals surface area contributed by atoms with Crippen molar-refractivity contribution in [3.8, 4) is 0 Å². The fourth-order valence-corrected chi connectivity index (χ4v) is 9.84. The van der Waals surface area contributed by atoms with Gasteiger partial charge in [-0.15, -0.1) is 0 Å². The Balaban J connectivity index is 1.29. The van der Waals surface area contributed by atoms with Gasteiger partial charge in [0.15, 0.2) is 0 Å². The smallest absolute Gasteiger partial charge is 0.430 e. The molecule has 2 aliphatic carbocycles. The predicted octanol–water partition coefficient (Wildman–Crippen LogP) is 7.12. The third-order valence-corrected chi connectivity index (χ3v) is 11.8. The Morgan fingerprint density at radius 1 is 0.604 bits per heavy atom. The van der Waals surface area contributed by atoms with Crippen molar-refractivity contribution in [1.29, 1.82) is 0 Å². The molecule has 48 heavy (non-hydrogen) atoms. The number of benzene rings is 4. The third kappa shape index (κ3) is 3.46. The van der Waals surface area contributed by atoms with E-state index < -0.39 is 34.1 Å². The molecule has 4 aromatic carbocycles. The van der Waals surface area contributed by atoms with E-state index in [0.29, 0.717) is 13.2 Å². The Labute approximate surface area is 279 Å². The van der Waals surface area contributed by atoms with Crippen LogP contribution in [0.4, 0.5) is 9.59 Å². The maximum atomic E-state index is 14.8. The number of nitrogens with zero attached hydrogens (tertiary/aromatic N) is 2. The van der Waals surface area contributed by atoms with Gasteiger partial charge in [0.1, 0.15) is 24.3 Å². The molecule has 4 heterocycles. The molecule has 0 N–H and O–H groups in total. The molecule has 0 radical (unpaired) electrons. The van der Waals surface area contributed by atoms with Crippen molar-refractivity contribution < 1.29 is 28.5 Å². The van der Waals surface area contributed by atoms with Crippen molar-refractivity contribution in [3.05, 3.63) is 144 Å². The summed E-state index contributed by atoms with van der Waals surface area (Å²) in [6.45, 7) is 4.99. The number of ether oxygens (including phenoxy) is 4. The number of amides is 2. The van der Waals surface area contributed by atoms with Gasteiger partial charge in [-0.3, -0.25) is 0 Å². The van der Waals surface area contributed by atoms with E-state index in [-0.39, 0.29) is 25.4 Å². The zero-order valence-corrected chi connectivity index (χ0v) is 26.9. The second kappa shape index (κ2) is 10.3. The van der Waals surface area contributed by atoms with Crippen molar-refractivity contribution in [2.45, 2.75) is 50.3 Å². The quantitative estimate of drug-likeness (QED) is 0.209. The number of rotatable bonds is 6. The molecular formula is C40H36N2O6. The highest BCUT2D eigenvalue weighted by atomic mass is 16.6. The summed E-state index contributed by atoms with van der Waals surface area (Å²) in [6, 6.07) is 39.5. The first-order valence-electron chi connectivity index (χ1n) is 16.5. The van der Waals surface area contributed by atoms with E-state index in [0.717, 1.165) is 33.4 Å². The number of fused-ring (bicyclic) bond motifs is 2. The lowest BCUT2D eigenvalue weighted by molar-refractivity contribution is -0.269. The Morgan fingerprint density at radius 3 is 1.33 bits per heavy atom. The molecule has 0 aromatic heterocycles. The Kier molecular flexibility index (Phi) is 6.27. The molecule has 3 saturated heterocycles. The summed E-state index contributed by atoms with van der Waals surface area (Å²) < 4.78 is 25.3. The average Bonchev–Trinajstić information content (AvgIpc) is 3.77. The highest BCUT2D eigenvalue weighted by Crippen LogP contribution is 2.87. The van der Waals surface area contributed by atoms with Crippen molar-refractivity contribution in [2.75, 3.05) is 13.2 Å². The molecule has 242 valence electrons. The maximum Gasteiger partial charge on any atom is 0.430 e. The van der Waals surface area contributed by atoms with Crippen LogP contribution in [0.25, 0.3) is 11.1 Å². The molecule has 4 aliphatic heterocycles. The molecule has 10 rings (SSSR count). The van der Waals surface area contributed by atoms with E-state index >= 15 is 0 Å². The minimum atomic E-state index is -1.13. The van der Waals surface area contributed by atoms with E-state index in [1.165, 1.54) is 0 Å². The van der Waals surface area contributed by atoms with Crippen molar-refractivity contribution in [3.63, 3.8) is 0 Å². The fraction of sp³-hybridized carbons (Fsp3) is 0.300. The lowest BCUT2D eigenvalue weighted by Gasteiger charge is -2.78. The third-order valence-electron chi connectivity index (χ3n) is 11.8. The zero-order valence-electron chi connectivity index (χ0n) is 26.9. The second-order valence-corrected chi connectivity index (χ2v) is 13.7. The average molecular weight is 641 g/mol. The van der Waals surface area contributed by atoms with Crippen LogP contribution in [0.3, 0.4) is 0 Å². The lowest BCUT2D eigenvalue weighted by atomic mass is 9.32. The number of hydrogen-bond acceptors (Lipinski definition) is 6. The Bertz CT molecular complexity index is 1800. The van der Waals surface area contributed by atoms with Crippen molar-refractivity contribution in [1.82, 2.24) is 10.0 Å². The zero-order chi connectivity index (χ0) is 32.7. The van der Waals surface area contributed by atoms with Gasteiger partial charge in [-0.05, 0) is 47.2 Å². The number of carbonyl (C=O) groups excluding carboxylic acids is 2. The largest absolute Gasteiger partial charge is 0.443 e. The summed E-state index contributed by atoms with van der Waals surface area (Å²) in [7, 11) is 0. The van der Waals surface area contributed by atoms with Gasteiger partial charge < -0.3 is 18.9 Å². The second-order valence-electron chi connectivity index (χ2n) is 13.7. The molecule has 2 bridgehead atoms. The molecule has 6 atom stereocenters. The van der Waals surface area contributed by atoms with Gasteiger partial charge >= 0.3 is 12.2 Å². The molecule has 4 aromatic rings. The van der Waals surface area contributed by atoms with Crippen molar-refractivity contribution >= 4 is 23.3 Å². The van der Waals surface area contributed by atoms with Crippen LogP contribution in [0.5, 0.6) is 0 Å². The number of carbonyl (C=O) groups is 2. The molecular weight excluding hydrogens is 604 g/mol. The number of hydrazine groups is 1. The van der Waals surface area contributed by atoms with E-state index in [9.17, 15) is 9.59 Å². The molecule has 8 nitrogen and oxygen atoms in total. The monoisotopic (exact) mass is 640 g/mol. The summed E-state index contributed by atoms with van der Waals surface area (Å²) in [6.07, 6.45) is -1.54. The van der Waals surface area contributed by atoms with E-state index in [2.05, 4.69) is 38.1 Å². The summed E-state index contributed by atoms with van der Waals surface area (Å²) >= 11 is 0. The standard InChI is InChI=1S/C40H36N2O6/c1-37-31(29-19-11-5-12-20-29)32(30-21-13-6-14-22-30)38(2,40-26-45-25-39(37,40)33-34(40)48-33)42(36(44)47-24-28-17-9-4-10-18-28)41(37)35(43)46-23-27-15-7-3-8-16-27/h3-22,33-34H,23-26H2,1-2H3/t33?,34?,37-,38+,39?,40?. The summed E-state index contributed by atoms with van der Waals surface area (Å²) in [5.74, 6) is 0. The van der Waals surface area contributed by atoms with Gasteiger partial charge in [-0.1, -0.05) is 121 Å². The predicted molar refractivity (Wildman–Crippen MR) is 178 cm³/mol. The minimum absolute atomic E-state index is 0.0446. The van der Waals surface area contributed by atoms with Gasteiger partial charge in [0.2, 0.25) is 0 Å². The minimum Gasteiger partial charge on any atom is -0.443 e. The topological polar surface area (TPSA) is 80.8 Å². The Hall–Kier alpha value is -4.92. The SMILES string of the molecule is C[C@]12C(c3ccccc3)=C(c3ccccc3)[C@](C)(N(C(=O)OCc3ccccc3)N1C(=O)OCc1ccccc1)C13COCC12C1OC13. The first-order valence-corrected chi connectivity index (χ1v) is 16.5. The summed E-state index contributed by atoms with van der Waals surface area (Å²) in [5, 5.41) is 3.12. The van der Waals surface area contributed by atoms with Crippen LogP contribution in [0.15, 0.2) is 121 Å². The highest BCUT2D eigenvalue weighted by Gasteiger charge is 2.99. The maximum absolute atomic E-state index is 14.8. The normalized spacial score (nSPS) is 32.1. The van der Waals surface area contributed by atoms with Crippen LogP contribution in [0, 0.1) is 10.8 Å². The van der Waals surface area contributed by atoms with Crippen LogP contribution in [-0.2, 0) is 32.2 Å². The lowest BCUT2D eigenvalue weighted by Crippen LogP contribution is -2.92. The Morgan fingerprint density at radius 2 is 0.958 bits per heavy atom. The molecule has 6 aliphatic rings. The highest BCUT2D eigenvalue weighted by molar-refractivity contribution is 6.06. The van der Waals surface area contributed by atoms with E-state index in [1.54, 1.807) is 10.0 Å². The van der Waals surface area contributed by atoms with Gasteiger partial charge in [0.25, 0.3) is 0 Å². The van der Waals surface area contributed by atoms with Crippen LogP contribution >= 0.6 is 0 Å². The first kappa shape index (κ1) is 29.2. The van der Waals surface area contributed by atoms with Gasteiger partial charge in [0.05, 0.1) is 36.3 Å². The van der Waals surface area contributed by atoms with E-state index in [4.69, 9.17) is 18.9 Å². The molecule has 4 fully saturated rings. The fourth-order valence-electron chi connectivity index (χ4n) is 9.84. The van der Waals surface area contributed by atoms with Crippen LogP contribution < -0.4 is 0 Å². The molecule has 4 unspecified atom stereocenters. The van der Waals surface area contributed by atoms with E-state index in [1.807, 2.05) is 97.1 Å². The first-order chi connectivity index (χ1) is 23.4. The van der Waals surface area contributed by atoms with Gasteiger partial charge in [0, 0.05) is 0 Å². The van der Waals surface area contributed by atoms with Gasteiger partial charge in [-0.2, -0.15) is 0 Å². The van der Waals surface area contributed by atoms with Crippen LogP contribution in [0.2, 0.25) is 0 Å². The van der Waals surface area contributed by atoms with Crippen molar-refractivity contribution in [2.24, 2.45) is 10.8 Å². The molecule has 8 heteroatoms. The van der Waals surface area contributed by atoms with Crippen LogP contribution in [0.1, 0.15) is 36.1 Å². The van der Waals surface area contributed by atoms with Crippen LogP contribution in [-0.4, -0.2) is 58.7 Å². The molecule has 2 amide bonds. The summed E-state index contributed by atoms with van der Waals surface area (Å²) in [4.78, 5) is 29.7. The van der Waals surface area contributed by atoms with Gasteiger partial charge in [-0.25, -0.2) is 19.6 Å². The number of epoxide rings is 1. The summed E-state index contributed by atoms with van der Waals surface area (Å²) in [5.41, 5.74) is 1.96. The molecule has 1 saturated carbocycles. The number of hydrogen-bond donors (Lipinski definition) is 0.